The van der Waals surface area contributed by atoms with E-state index in [1.54, 1.807) is 0 Å². The quantitative estimate of drug-likeness (QED) is 0.845. The van der Waals surface area contributed by atoms with Crippen molar-refractivity contribution in [1.82, 2.24) is 15.0 Å². The molecule has 3 aliphatic heterocycles. The predicted molar refractivity (Wildman–Crippen MR) is 93.3 cm³/mol. The molecular weight excluding hydrogens is 338 g/mol. The lowest BCUT2D eigenvalue weighted by Gasteiger charge is -2.35. The first-order valence-corrected chi connectivity index (χ1v) is 9.52. The van der Waals surface area contributed by atoms with Crippen LogP contribution in [-0.2, 0) is 11.3 Å². The van der Waals surface area contributed by atoms with Gasteiger partial charge in [0.2, 0.25) is 5.91 Å². The summed E-state index contributed by atoms with van der Waals surface area (Å²) in [7, 11) is 0. The van der Waals surface area contributed by atoms with Gasteiger partial charge in [0.1, 0.15) is 5.76 Å². The Kier molecular flexibility index (Phi) is 4.11. The molecule has 0 N–H and O–H groups in total. The van der Waals surface area contributed by atoms with E-state index in [-0.39, 0.29) is 23.8 Å². The van der Waals surface area contributed by atoms with E-state index >= 15 is 0 Å². The van der Waals surface area contributed by atoms with Crippen LogP contribution >= 0.6 is 11.3 Å². The second-order valence-corrected chi connectivity index (χ2v) is 7.70. The minimum atomic E-state index is -0.109. The molecule has 5 heterocycles. The standard InChI is InChI=1S/C18H21N3O3S/c1-11-16(12(2)24-19-11)9-21-15-4-3-13(18(21)23)7-20(8-15)17(22)14-5-6-25-10-14/h5-6,10,13,15H,3-4,7-9H2,1-2H3/t13-,15+/m1/s1. The van der Waals surface area contributed by atoms with Crippen molar-refractivity contribution in [3.8, 4) is 0 Å². The Morgan fingerprint density at radius 2 is 2.20 bits per heavy atom. The minimum absolute atomic E-state index is 0.0325. The summed E-state index contributed by atoms with van der Waals surface area (Å²) in [6.07, 6.45) is 1.79. The van der Waals surface area contributed by atoms with Crippen molar-refractivity contribution < 1.29 is 14.1 Å². The summed E-state index contributed by atoms with van der Waals surface area (Å²) in [6.45, 7) is 5.41. The molecule has 2 atom stereocenters. The average molecular weight is 359 g/mol. The van der Waals surface area contributed by atoms with E-state index in [1.807, 2.05) is 40.5 Å². The van der Waals surface area contributed by atoms with Crippen LogP contribution in [0.3, 0.4) is 0 Å². The molecule has 2 amide bonds. The largest absolute Gasteiger partial charge is 0.361 e. The zero-order valence-corrected chi connectivity index (χ0v) is 15.2. The molecule has 25 heavy (non-hydrogen) atoms. The molecule has 6 nitrogen and oxygen atoms in total. The highest BCUT2D eigenvalue weighted by Gasteiger charge is 2.42. The third kappa shape index (κ3) is 2.86. The number of aromatic nitrogens is 1. The number of piperidine rings is 1. The molecule has 2 bridgehead atoms. The van der Waals surface area contributed by atoms with Crippen LogP contribution in [0.4, 0.5) is 0 Å². The average Bonchev–Trinajstić information content (AvgIpc) is 3.14. The molecule has 0 spiro atoms. The Bertz CT molecular complexity index is 779. The zero-order chi connectivity index (χ0) is 17.6. The fraction of sp³-hybridized carbons (Fsp3) is 0.500. The van der Waals surface area contributed by atoms with Crippen LogP contribution in [0, 0.1) is 19.8 Å². The molecule has 0 radical (unpaired) electrons. The van der Waals surface area contributed by atoms with Crippen molar-refractivity contribution in [2.24, 2.45) is 5.92 Å². The lowest BCUT2D eigenvalue weighted by atomic mass is 9.93. The Labute approximate surface area is 150 Å². The van der Waals surface area contributed by atoms with E-state index in [0.717, 1.165) is 35.4 Å². The van der Waals surface area contributed by atoms with Crippen LogP contribution in [-0.4, -0.2) is 45.9 Å². The molecule has 0 aliphatic carbocycles. The lowest BCUT2D eigenvalue weighted by molar-refractivity contribution is -0.140. The smallest absolute Gasteiger partial charge is 0.254 e. The molecule has 2 aromatic rings. The highest BCUT2D eigenvalue weighted by Crippen LogP contribution is 2.32. The maximum absolute atomic E-state index is 12.9. The Morgan fingerprint density at radius 1 is 1.36 bits per heavy atom. The normalized spacial score (nSPS) is 23.2. The van der Waals surface area contributed by atoms with Crippen LogP contribution in [0.15, 0.2) is 21.3 Å². The third-order valence-corrected chi connectivity index (χ3v) is 6.04. The molecule has 2 aromatic heterocycles. The monoisotopic (exact) mass is 359 g/mol. The van der Waals surface area contributed by atoms with Crippen molar-refractivity contribution in [2.45, 2.75) is 39.3 Å². The summed E-state index contributed by atoms with van der Waals surface area (Å²) < 4.78 is 5.24. The first kappa shape index (κ1) is 16.3. The molecule has 0 unspecified atom stereocenters. The van der Waals surface area contributed by atoms with Crippen molar-refractivity contribution in [3.63, 3.8) is 0 Å². The van der Waals surface area contributed by atoms with Crippen LogP contribution in [0.5, 0.6) is 0 Å². The van der Waals surface area contributed by atoms with Gasteiger partial charge in [0.15, 0.2) is 0 Å². The summed E-state index contributed by atoms with van der Waals surface area (Å²) in [4.78, 5) is 29.5. The summed E-state index contributed by atoms with van der Waals surface area (Å²) in [5.74, 6) is 0.834. The Balaban J connectivity index is 1.58. The molecule has 7 heteroatoms. The molecule has 5 rings (SSSR count). The van der Waals surface area contributed by atoms with E-state index < -0.39 is 0 Å². The maximum atomic E-state index is 12.9. The van der Waals surface area contributed by atoms with Crippen molar-refractivity contribution in [1.29, 1.82) is 0 Å². The number of carbonyl (C=O) groups excluding carboxylic acids is 2. The predicted octanol–water partition coefficient (Wildman–Crippen LogP) is 2.62. The number of fused-ring (bicyclic) bond motifs is 4. The Hall–Kier alpha value is -2.15. The van der Waals surface area contributed by atoms with E-state index in [4.69, 9.17) is 4.52 Å². The van der Waals surface area contributed by atoms with Crippen LogP contribution in [0.25, 0.3) is 0 Å². The number of hydrogen-bond donors (Lipinski definition) is 0. The Morgan fingerprint density at radius 3 is 2.88 bits per heavy atom. The van der Waals surface area contributed by atoms with Crippen molar-refractivity contribution in [2.75, 3.05) is 13.1 Å². The minimum Gasteiger partial charge on any atom is -0.361 e. The summed E-state index contributed by atoms with van der Waals surface area (Å²) in [5, 5.41) is 7.78. The number of thiophene rings is 1. The van der Waals surface area contributed by atoms with Crippen molar-refractivity contribution in [3.05, 3.63) is 39.4 Å². The van der Waals surface area contributed by atoms with E-state index in [1.165, 1.54) is 11.3 Å². The summed E-state index contributed by atoms with van der Waals surface area (Å²) >= 11 is 1.52. The van der Waals surface area contributed by atoms with E-state index in [2.05, 4.69) is 5.16 Å². The third-order valence-electron chi connectivity index (χ3n) is 5.36. The fourth-order valence-corrected chi connectivity index (χ4v) is 4.51. The molecule has 132 valence electrons. The molecule has 0 saturated carbocycles. The van der Waals surface area contributed by atoms with Gasteiger partial charge in [0, 0.05) is 30.1 Å². The molecular formula is C18H21N3O3S. The zero-order valence-electron chi connectivity index (χ0n) is 14.4. The number of nitrogens with zero attached hydrogens (tertiary/aromatic N) is 3. The van der Waals surface area contributed by atoms with Crippen LogP contribution in [0.2, 0.25) is 0 Å². The second-order valence-electron chi connectivity index (χ2n) is 6.92. The summed E-state index contributed by atoms with van der Waals surface area (Å²) in [6, 6.07) is 1.91. The molecule has 0 aromatic carbocycles. The van der Waals surface area contributed by atoms with Gasteiger partial charge in [-0.3, -0.25) is 9.59 Å². The SMILES string of the molecule is Cc1noc(C)c1CN1C(=O)[C@@H]2CC[C@H]1CN(C(=O)c1ccsc1)C2. The van der Waals surface area contributed by atoms with Gasteiger partial charge in [-0.1, -0.05) is 5.16 Å². The first-order valence-electron chi connectivity index (χ1n) is 8.58. The highest BCUT2D eigenvalue weighted by molar-refractivity contribution is 7.08. The van der Waals surface area contributed by atoms with Crippen molar-refractivity contribution >= 4 is 23.2 Å². The van der Waals surface area contributed by atoms with Gasteiger partial charge in [-0.25, -0.2) is 0 Å². The fourth-order valence-electron chi connectivity index (χ4n) is 3.88. The number of carbonyl (C=O) groups is 2. The number of rotatable bonds is 3. The van der Waals surface area contributed by atoms with E-state index in [9.17, 15) is 9.59 Å². The van der Waals surface area contributed by atoms with Gasteiger partial charge in [-0.05, 0) is 38.1 Å². The number of amides is 2. The first-order chi connectivity index (χ1) is 12.0. The van der Waals surface area contributed by atoms with Crippen LogP contribution in [0.1, 0.15) is 40.2 Å². The van der Waals surface area contributed by atoms with Gasteiger partial charge in [-0.15, -0.1) is 0 Å². The second kappa shape index (κ2) is 6.29. The molecule has 3 aliphatic rings. The van der Waals surface area contributed by atoms with E-state index in [0.29, 0.717) is 19.6 Å². The van der Waals surface area contributed by atoms with Gasteiger partial charge >= 0.3 is 0 Å². The summed E-state index contributed by atoms with van der Waals surface area (Å²) in [5.41, 5.74) is 2.53. The van der Waals surface area contributed by atoms with Gasteiger partial charge < -0.3 is 14.3 Å². The number of hydrogen-bond acceptors (Lipinski definition) is 5. The maximum Gasteiger partial charge on any atom is 0.254 e. The lowest BCUT2D eigenvalue weighted by Crippen LogP contribution is -2.47. The topological polar surface area (TPSA) is 66.7 Å². The highest BCUT2D eigenvalue weighted by atomic mass is 32.1. The molecule has 3 fully saturated rings. The van der Waals surface area contributed by atoms with Gasteiger partial charge in [0.05, 0.1) is 23.7 Å². The van der Waals surface area contributed by atoms with Gasteiger partial charge in [0.25, 0.3) is 5.91 Å². The van der Waals surface area contributed by atoms with Gasteiger partial charge in [-0.2, -0.15) is 11.3 Å². The molecule has 3 saturated heterocycles. The van der Waals surface area contributed by atoms with Crippen LogP contribution < -0.4 is 0 Å². The number of aryl methyl sites for hydroxylation is 2.